The molecule has 1 aromatic carbocycles. The molecule has 0 aliphatic rings. The summed E-state index contributed by atoms with van der Waals surface area (Å²) in [5.41, 5.74) is 3.66. The predicted molar refractivity (Wildman–Crippen MR) is 127 cm³/mol. The summed E-state index contributed by atoms with van der Waals surface area (Å²) in [7, 11) is 0. The van der Waals surface area contributed by atoms with Crippen molar-refractivity contribution in [1.29, 1.82) is 0 Å². The van der Waals surface area contributed by atoms with Gasteiger partial charge in [0.1, 0.15) is 0 Å². The number of aryl methyl sites for hydroxylation is 2. The zero-order valence-corrected chi connectivity index (χ0v) is 19.3. The van der Waals surface area contributed by atoms with Gasteiger partial charge in [0, 0.05) is 48.0 Å². The molecule has 7 heteroatoms. The number of rotatable bonds is 7. The van der Waals surface area contributed by atoms with Crippen LogP contribution in [0, 0.1) is 13.8 Å². The summed E-state index contributed by atoms with van der Waals surface area (Å²) in [6.45, 7) is 8.70. The van der Waals surface area contributed by atoms with Crippen molar-refractivity contribution in [2.24, 2.45) is 4.99 Å². The van der Waals surface area contributed by atoms with Crippen LogP contribution in [0.4, 0.5) is 0 Å². The van der Waals surface area contributed by atoms with Crippen LogP contribution in [0.5, 0.6) is 0 Å². The molecule has 2 heterocycles. The Balaban J connectivity index is 0.00000261. The number of aromatic amines is 1. The first kappa shape index (κ1) is 21.7. The quantitative estimate of drug-likeness (QED) is 0.261. The molecular weight excluding hydrogens is 469 g/mol. The molecule has 0 aliphatic heterocycles. The molecule has 0 spiro atoms. The van der Waals surface area contributed by atoms with Gasteiger partial charge in [-0.2, -0.15) is 0 Å². The monoisotopic (exact) mass is 497 g/mol. The van der Waals surface area contributed by atoms with Gasteiger partial charge in [-0.15, -0.1) is 35.3 Å². The van der Waals surface area contributed by atoms with E-state index in [1.807, 2.05) is 0 Å². The number of nitrogens with zero attached hydrogens (tertiary/aromatic N) is 2. The Morgan fingerprint density at radius 3 is 2.74 bits per heavy atom. The minimum absolute atomic E-state index is 0. The Labute approximate surface area is 182 Å². The molecule has 27 heavy (non-hydrogen) atoms. The van der Waals surface area contributed by atoms with Crippen molar-refractivity contribution >= 4 is 52.2 Å². The van der Waals surface area contributed by atoms with E-state index >= 15 is 0 Å². The minimum atomic E-state index is 0. The highest BCUT2D eigenvalue weighted by molar-refractivity contribution is 14.0. The lowest BCUT2D eigenvalue weighted by Gasteiger charge is -2.11. The van der Waals surface area contributed by atoms with E-state index in [9.17, 15) is 0 Å². The van der Waals surface area contributed by atoms with Crippen molar-refractivity contribution in [3.05, 3.63) is 51.6 Å². The number of aromatic nitrogens is 2. The zero-order valence-electron chi connectivity index (χ0n) is 16.1. The molecule has 0 amide bonds. The third-order valence-corrected chi connectivity index (χ3v) is 5.45. The fourth-order valence-corrected chi connectivity index (χ4v) is 4.00. The summed E-state index contributed by atoms with van der Waals surface area (Å²) < 4.78 is 0. The normalized spacial score (nSPS) is 11.4. The number of fused-ring (bicyclic) bond motifs is 1. The first-order chi connectivity index (χ1) is 12.7. The van der Waals surface area contributed by atoms with Crippen LogP contribution in [0.2, 0.25) is 0 Å². The van der Waals surface area contributed by atoms with Gasteiger partial charge in [0.15, 0.2) is 5.96 Å². The summed E-state index contributed by atoms with van der Waals surface area (Å²) in [5.74, 6) is 0.881. The van der Waals surface area contributed by atoms with Gasteiger partial charge in [-0.1, -0.05) is 18.2 Å². The van der Waals surface area contributed by atoms with Crippen molar-refractivity contribution in [3.63, 3.8) is 0 Å². The number of hydrogen-bond acceptors (Lipinski definition) is 3. The number of para-hydroxylation sites is 1. The van der Waals surface area contributed by atoms with Crippen LogP contribution in [0.1, 0.15) is 28.1 Å². The highest BCUT2D eigenvalue weighted by atomic mass is 127. The number of H-pyrrole nitrogens is 1. The summed E-state index contributed by atoms with van der Waals surface area (Å²) in [5, 5.41) is 9.20. The van der Waals surface area contributed by atoms with E-state index in [0.29, 0.717) is 0 Å². The second-order valence-electron chi connectivity index (χ2n) is 6.29. The molecule has 0 unspecified atom stereocenters. The highest BCUT2D eigenvalue weighted by Gasteiger charge is 2.05. The zero-order chi connectivity index (χ0) is 18.4. The van der Waals surface area contributed by atoms with Crippen molar-refractivity contribution in [2.45, 2.75) is 33.6 Å². The minimum Gasteiger partial charge on any atom is -0.361 e. The number of halogens is 1. The molecule has 0 saturated carbocycles. The van der Waals surface area contributed by atoms with E-state index in [1.54, 1.807) is 11.3 Å². The van der Waals surface area contributed by atoms with E-state index in [2.05, 4.69) is 71.8 Å². The SMILES string of the molecule is CCNC(=NCCc1sc(C)nc1C)NCCc1c[nH]c2ccccc12.I. The van der Waals surface area contributed by atoms with Gasteiger partial charge in [0.25, 0.3) is 0 Å². The Bertz CT molecular complexity index is 884. The van der Waals surface area contributed by atoms with Gasteiger partial charge in [0.2, 0.25) is 0 Å². The third kappa shape index (κ3) is 5.93. The molecule has 0 atom stereocenters. The molecule has 2 aromatic heterocycles. The molecule has 0 radical (unpaired) electrons. The molecule has 0 fully saturated rings. The van der Waals surface area contributed by atoms with E-state index < -0.39 is 0 Å². The molecule has 0 aliphatic carbocycles. The number of aliphatic imine (C=N–C) groups is 1. The Kier molecular flexibility index (Phi) is 8.56. The van der Waals surface area contributed by atoms with Crippen LogP contribution in [0.25, 0.3) is 10.9 Å². The number of guanidine groups is 1. The lowest BCUT2D eigenvalue weighted by atomic mass is 10.1. The largest absolute Gasteiger partial charge is 0.361 e. The molecule has 5 nitrogen and oxygen atoms in total. The number of thiazole rings is 1. The molecule has 146 valence electrons. The summed E-state index contributed by atoms with van der Waals surface area (Å²) in [4.78, 5) is 13.9. The van der Waals surface area contributed by atoms with Crippen LogP contribution < -0.4 is 10.6 Å². The van der Waals surface area contributed by atoms with E-state index in [-0.39, 0.29) is 24.0 Å². The van der Waals surface area contributed by atoms with Crippen LogP contribution in [-0.4, -0.2) is 35.6 Å². The van der Waals surface area contributed by atoms with Gasteiger partial charge < -0.3 is 15.6 Å². The maximum atomic E-state index is 4.71. The second kappa shape index (κ2) is 10.7. The fraction of sp³-hybridized carbons (Fsp3) is 0.400. The Morgan fingerprint density at radius 1 is 1.19 bits per heavy atom. The summed E-state index contributed by atoms with van der Waals surface area (Å²) in [6, 6.07) is 8.42. The summed E-state index contributed by atoms with van der Waals surface area (Å²) in [6.07, 6.45) is 4.00. The van der Waals surface area contributed by atoms with Crippen LogP contribution in [0.15, 0.2) is 35.5 Å². The Morgan fingerprint density at radius 2 is 2.00 bits per heavy atom. The number of hydrogen-bond donors (Lipinski definition) is 3. The van der Waals surface area contributed by atoms with Gasteiger partial charge in [0.05, 0.1) is 10.7 Å². The third-order valence-electron chi connectivity index (χ3n) is 4.31. The van der Waals surface area contributed by atoms with Crippen LogP contribution in [-0.2, 0) is 12.8 Å². The topological polar surface area (TPSA) is 65.1 Å². The van der Waals surface area contributed by atoms with Crippen molar-refractivity contribution in [1.82, 2.24) is 20.6 Å². The molecule has 3 rings (SSSR count). The fourth-order valence-electron chi connectivity index (χ4n) is 3.07. The van der Waals surface area contributed by atoms with Gasteiger partial charge in [-0.3, -0.25) is 4.99 Å². The lowest BCUT2D eigenvalue weighted by Crippen LogP contribution is -2.38. The van der Waals surface area contributed by atoms with Crippen molar-refractivity contribution in [3.8, 4) is 0 Å². The maximum Gasteiger partial charge on any atom is 0.191 e. The van der Waals surface area contributed by atoms with Gasteiger partial charge in [-0.05, 0) is 38.8 Å². The van der Waals surface area contributed by atoms with E-state index in [0.717, 1.165) is 49.1 Å². The van der Waals surface area contributed by atoms with Crippen molar-refractivity contribution in [2.75, 3.05) is 19.6 Å². The average molecular weight is 497 g/mol. The smallest absolute Gasteiger partial charge is 0.191 e. The van der Waals surface area contributed by atoms with Gasteiger partial charge in [-0.25, -0.2) is 4.98 Å². The Hall–Kier alpha value is -1.61. The molecule has 0 bridgehead atoms. The maximum absolute atomic E-state index is 4.71. The second-order valence-corrected chi connectivity index (χ2v) is 7.58. The first-order valence-electron chi connectivity index (χ1n) is 9.17. The average Bonchev–Trinajstić information content (AvgIpc) is 3.18. The number of nitrogens with one attached hydrogen (secondary N) is 3. The molecule has 3 N–H and O–H groups in total. The highest BCUT2D eigenvalue weighted by Crippen LogP contribution is 2.18. The van der Waals surface area contributed by atoms with E-state index in [1.165, 1.54) is 21.3 Å². The van der Waals surface area contributed by atoms with E-state index in [4.69, 9.17) is 4.99 Å². The predicted octanol–water partition coefficient (Wildman–Crippen LogP) is 4.20. The molecular formula is C20H28IN5S. The molecule has 3 aromatic rings. The lowest BCUT2D eigenvalue weighted by molar-refractivity contribution is 0.799. The van der Waals surface area contributed by atoms with Crippen molar-refractivity contribution < 1.29 is 0 Å². The number of benzene rings is 1. The van der Waals surface area contributed by atoms with Gasteiger partial charge >= 0.3 is 0 Å². The summed E-state index contributed by atoms with van der Waals surface area (Å²) >= 11 is 1.77. The molecule has 0 saturated heterocycles. The first-order valence-corrected chi connectivity index (χ1v) is 9.99. The van der Waals surface area contributed by atoms with Crippen LogP contribution in [0.3, 0.4) is 0 Å². The van der Waals surface area contributed by atoms with Crippen LogP contribution >= 0.6 is 35.3 Å². The standard InChI is InChI=1S/C20H27N5S.HI/c1-4-21-20(23-12-10-19-14(2)25-15(3)26-19)22-11-9-16-13-24-18-8-6-5-7-17(16)18;/h5-8,13,24H,4,9-12H2,1-3H3,(H2,21,22,23);1H.